The number of rotatable bonds is 3. The Morgan fingerprint density at radius 2 is 1.85 bits per heavy atom. The Labute approximate surface area is 166 Å². The van der Waals surface area contributed by atoms with E-state index in [9.17, 15) is 13.5 Å². The molecule has 27 heavy (non-hydrogen) atoms. The van der Waals surface area contributed by atoms with Crippen LogP contribution in [0, 0.1) is 0 Å². The Bertz CT molecular complexity index is 1110. The van der Waals surface area contributed by atoms with Crippen molar-refractivity contribution in [2.75, 3.05) is 0 Å². The van der Waals surface area contributed by atoms with Gasteiger partial charge in [0.1, 0.15) is 11.5 Å². The minimum Gasteiger partial charge on any atom is -0.461 e. The van der Waals surface area contributed by atoms with Crippen LogP contribution in [0.4, 0.5) is 0 Å². The van der Waals surface area contributed by atoms with Gasteiger partial charge in [-0.05, 0) is 36.4 Å². The standard InChI is InChI=1S/C19H15Cl2NO4S/c20-11-5-7-13(15(21)9-11)17-8-6-12(26-17)10-16-19(23)14-3-1-2-4-18(14)27(24,25)22-16/h1-9,16,19,22-23H,10H2. The zero-order valence-electron chi connectivity index (χ0n) is 13.9. The van der Waals surface area contributed by atoms with Gasteiger partial charge in [0.15, 0.2) is 0 Å². The normalized spacial score (nSPS) is 21.0. The third-order valence-corrected chi connectivity index (χ3v) is 6.61. The minimum absolute atomic E-state index is 0.0989. The Hall–Kier alpha value is -1.83. The molecule has 140 valence electrons. The fraction of sp³-hybridized carbons (Fsp3) is 0.158. The number of nitrogens with one attached hydrogen (secondary N) is 1. The zero-order valence-corrected chi connectivity index (χ0v) is 16.2. The molecule has 0 fully saturated rings. The molecule has 2 aromatic carbocycles. The Balaban J connectivity index is 1.61. The quantitative estimate of drug-likeness (QED) is 0.661. The maximum absolute atomic E-state index is 12.4. The molecular formula is C19H15Cl2NO4S. The van der Waals surface area contributed by atoms with Gasteiger partial charge in [-0.25, -0.2) is 13.1 Å². The van der Waals surface area contributed by atoms with Gasteiger partial charge in [0.2, 0.25) is 10.0 Å². The average molecular weight is 424 g/mol. The number of aliphatic hydroxyl groups excluding tert-OH is 1. The van der Waals surface area contributed by atoms with Crippen molar-refractivity contribution in [3.05, 3.63) is 76.0 Å². The van der Waals surface area contributed by atoms with E-state index in [1.54, 1.807) is 48.5 Å². The molecule has 3 aromatic rings. The number of halogens is 2. The molecule has 2 unspecified atom stereocenters. The molecule has 0 spiro atoms. The second-order valence-corrected chi connectivity index (χ2v) is 8.83. The molecule has 2 heterocycles. The molecule has 0 aliphatic carbocycles. The van der Waals surface area contributed by atoms with Crippen molar-refractivity contribution in [1.29, 1.82) is 0 Å². The van der Waals surface area contributed by atoms with E-state index in [2.05, 4.69) is 4.72 Å². The van der Waals surface area contributed by atoms with Gasteiger partial charge in [-0.3, -0.25) is 0 Å². The fourth-order valence-corrected chi connectivity index (χ4v) is 5.20. The molecule has 1 aliphatic heterocycles. The van der Waals surface area contributed by atoms with Crippen LogP contribution in [-0.4, -0.2) is 19.6 Å². The highest BCUT2D eigenvalue weighted by molar-refractivity contribution is 7.89. The van der Waals surface area contributed by atoms with Crippen LogP contribution in [0.5, 0.6) is 0 Å². The summed E-state index contributed by atoms with van der Waals surface area (Å²) in [4.78, 5) is 0.0989. The summed E-state index contributed by atoms with van der Waals surface area (Å²) in [5, 5.41) is 11.6. The number of hydrogen-bond donors (Lipinski definition) is 2. The van der Waals surface area contributed by atoms with Crippen molar-refractivity contribution in [2.24, 2.45) is 0 Å². The largest absolute Gasteiger partial charge is 0.461 e. The number of fused-ring (bicyclic) bond motifs is 1. The lowest BCUT2D eigenvalue weighted by atomic mass is 9.99. The van der Waals surface area contributed by atoms with Crippen LogP contribution < -0.4 is 4.72 Å². The second-order valence-electron chi connectivity index (χ2n) is 6.30. The van der Waals surface area contributed by atoms with Crippen LogP contribution in [0.1, 0.15) is 17.4 Å². The minimum atomic E-state index is -3.69. The summed E-state index contributed by atoms with van der Waals surface area (Å²) in [5.41, 5.74) is 1.07. The highest BCUT2D eigenvalue weighted by atomic mass is 35.5. The molecule has 1 aromatic heterocycles. The van der Waals surface area contributed by atoms with E-state index in [1.807, 2.05) is 0 Å². The Kier molecular flexibility index (Phi) is 4.78. The molecule has 4 rings (SSSR count). The summed E-state index contributed by atoms with van der Waals surface area (Å²) in [6.07, 6.45) is -0.780. The summed E-state index contributed by atoms with van der Waals surface area (Å²) in [6, 6.07) is 14.3. The van der Waals surface area contributed by atoms with Gasteiger partial charge in [-0.15, -0.1) is 0 Å². The van der Waals surface area contributed by atoms with Gasteiger partial charge >= 0.3 is 0 Å². The molecule has 0 saturated heterocycles. The number of furan rings is 1. The molecule has 1 aliphatic rings. The SMILES string of the molecule is O=S1(=O)NC(Cc2ccc(-c3ccc(Cl)cc3Cl)o2)C(O)c2ccccc21. The highest BCUT2D eigenvalue weighted by Gasteiger charge is 2.36. The average Bonchev–Trinajstić information content (AvgIpc) is 3.07. The third kappa shape index (κ3) is 3.51. The number of benzene rings is 2. The monoisotopic (exact) mass is 423 g/mol. The molecule has 2 atom stereocenters. The van der Waals surface area contributed by atoms with E-state index in [-0.39, 0.29) is 11.3 Å². The maximum Gasteiger partial charge on any atom is 0.241 e. The van der Waals surface area contributed by atoms with Crippen LogP contribution in [0.25, 0.3) is 11.3 Å². The summed E-state index contributed by atoms with van der Waals surface area (Å²) >= 11 is 12.1. The Morgan fingerprint density at radius 3 is 2.63 bits per heavy atom. The maximum atomic E-state index is 12.4. The Morgan fingerprint density at radius 1 is 1.07 bits per heavy atom. The first-order chi connectivity index (χ1) is 12.8. The van der Waals surface area contributed by atoms with Crippen LogP contribution >= 0.6 is 23.2 Å². The second kappa shape index (κ2) is 6.96. The molecule has 8 heteroatoms. The van der Waals surface area contributed by atoms with E-state index < -0.39 is 22.2 Å². The van der Waals surface area contributed by atoms with Crippen molar-refractivity contribution < 1.29 is 17.9 Å². The zero-order chi connectivity index (χ0) is 19.2. The number of aliphatic hydroxyl groups is 1. The highest BCUT2D eigenvalue weighted by Crippen LogP contribution is 2.34. The van der Waals surface area contributed by atoms with Gasteiger partial charge in [0.25, 0.3) is 0 Å². The van der Waals surface area contributed by atoms with E-state index in [0.717, 1.165) is 0 Å². The predicted molar refractivity (Wildman–Crippen MR) is 103 cm³/mol. The summed E-state index contributed by atoms with van der Waals surface area (Å²) < 4.78 is 33.2. The topological polar surface area (TPSA) is 79.5 Å². The fourth-order valence-electron chi connectivity index (χ4n) is 3.21. The van der Waals surface area contributed by atoms with Crippen LogP contribution in [0.2, 0.25) is 10.0 Å². The van der Waals surface area contributed by atoms with Gasteiger partial charge < -0.3 is 9.52 Å². The third-order valence-electron chi connectivity index (χ3n) is 4.49. The lowest BCUT2D eigenvalue weighted by molar-refractivity contribution is 0.129. The van der Waals surface area contributed by atoms with Crippen LogP contribution in [-0.2, 0) is 16.4 Å². The number of hydrogen-bond acceptors (Lipinski definition) is 4. The first kappa shape index (κ1) is 18.5. The van der Waals surface area contributed by atoms with Crippen molar-refractivity contribution in [3.63, 3.8) is 0 Å². The first-order valence-corrected chi connectivity index (χ1v) is 10.4. The molecule has 0 bridgehead atoms. The van der Waals surface area contributed by atoms with E-state index in [4.69, 9.17) is 27.6 Å². The first-order valence-electron chi connectivity index (χ1n) is 8.18. The molecule has 0 amide bonds. The molecule has 5 nitrogen and oxygen atoms in total. The van der Waals surface area contributed by atoms with Crippen molar-refractivity contribution in [3.8, 4) is 11.3 Å². The van der Waals surface area contributed by atoms with E-state index in [0.29, 0.717) is 32.7 Å². The van der Waals surface area contributed by atoms with Gasteiger partial charge in [-0.2, -0.15) is 0 Å². The number of sulfonamides is 1. The van der Waals surface area contributed by atoms with Crippen LogP contribution in [0.15, 0.2) is 63.9 Å². The lowest BCUT2D eigenvalue weighted by Gasteiger charge is -2.30. The summed E-state index contributed by atoms with van der Waals surface area (Å²) in [7, 11) is -3.69. The summed E-state index contributed by atoms with van der Waals surface area (Å²) in [5.74, 6) is 1.07. The van der Waals surface area contributed by atoms with Gasteiger partial charge in [-0.1, -0.05) is 41.4 Å². The molecular weight excluding hydrogens is 409 g/mol. The smallest absolute Gasteiger partial charge is 0.241 e. The predicted octanol–water partition coefficient (Wildman–Crippen LogP) is 4.19. The molecule has 0 radical (unpaired) electrons. The lowest BCUT2D eigenvalue weighted by Crippen LogP contribution is -2.45. The van der Waals surface area contributed by atoms with Crippen molar-refractivity contribution in [2.45, 2.75) is 23.5 Å². The molecule has 0 saturated carbocycles. The van der Waals surface area contributed by atoms with Crippen molar-refractivity contribution >= 4 is 33.2 Å². The summed E-state index contributed by atoms with van der Waals surface area (Å²) in [6.45, 7) is 0. The van der Waals surface area contributed by atoms with Crippen LogP contribution in [0.3, 0.4) is 0 Å². The van der Waals surface area contributed by atoms with Crippen molar-refractivity contribution in [1.82, 2.24) is 4.72 Å². The van der Waals surface area contributed by atoms with Gasteiger partial charge in [0.05, 0.1) is 22.1 Å². The molecule has 2 N–H and O–H groups in total. The van der Waals surface area contributed by atoms with Gasteiger partial charge in [0, 0.05) is 22.6 Å². The van der Waals surface area contributed by atoms with E-state index >= 15 is 0 Å². The van der Waals surface area contributed by atoms with E-state index in [1.165, 1.54) is 6.07 Å².